The number of para-hydroxylation sites is 1. The van der Waals surface area contributed by atoms with Crippen LogP contribution in [0, 0.1) is 0 Å². The summed E-state index contributed by atoms with van der Waals surface area (Å²) < 4.78 is 1.96. The van der Waals surface area contributed by atoms with Gasteiger partial charge in [-0.2, -0.15) is 0 Å². The van der Waals surface area contributed by atoms with Crippen LogP contribution in [0.15, 0.2) is 30.3 Å². The lowest BCUT2D eigenvalue weighted by Gasteiger charge is -2.45. The number of carbonyl (C=O) groups is 1. The fraction of sp³-hybridized carbons (Fsp3) is 0.619. The number of hydrogen-bond acceptors (Lipinski definition) is 6. The van der Waals surface area contributed by atoms with Crippen molar-refractivity contribution >= 4 is 11.6 Å². The van der Waals surface area contributed by atoms with Gasteiger partial charge in [-0.1, -0.05) is 38.5 Å². The number of tetrazole rings is 1. The van der Waals surface area contributed by atoms with Gasteiger partial charge in [0.05, 0.1) is 12.7 Å². The van der Waals surface area contributed by atoms with Crippen molar-refractivity contribution in [1.82, 2.24) is 30.4 Å². The van der Waals surface area contributed by atoms with Gasteiger partial charge in [-0.3, -0.25) is 9.69 Å². The first-order valence-corrected chi connectivity index (χ1v) is 10.8. The molecule has 0 aliphatic carbocycles. The molecule has 1 aromatic heterocycles. The Balaban J connectivity index is 1.50. The Morgan fingerprint density at radius 1 is 1.17 bits per heavy atom. The molecule has 2 aromatic rings. The lowest BCUT2D eigenvalue weighted by atomic mass is 9.85. The number of carbonyl (C=O) groups excluding carboxylic acids is 1. The summed E-state index contributed by atoms with van der Waals surface area (Å²) in [6.07, 6.45) is 4.76. The van der Waals surface area contributed by atoms with Crippen LogP contribution in [-0.2, 0) is 11.3 Å². The third-order valence-corrected chi connectivity index (χ3v) is 6.44. The molecule has 2 fully saturated rings. The maximum absolute atomic E-state index is 12.9. The van der Waals surface area contributed by atoms with Gasteiger partial charge in [0.1, 0.15) is 5.54 Å². The Morgan fingerprint density at radius 3 is 2.62 bits per heavy atom. The highest BCUT2D eigenvalue weighted by atomic mass is 16.2. The lowest BCUT2D eigenvalue weighted by Crippen LogP contribution is -2.56. The summed E-state index contributed by atoms with van der Waals surface area (Å²) in [5.74, 6) is 1.11. The van der Waals surface area contributed by atoms with Gasteiger partial charge in [0.25, 0.3) is 0 Å². The maximum Gasteiger partial charge on any atom is 0.247 e. The van der Waals surface area contributed by atoms with Gasteiger partial charge in [0.15, 0.2) is 5.82 Å². The fourth-order valence-electron chi connectivity index (χ4n) is 4.76. The quantitative estimate of drug-likeness (QED) is 0.773. The smallest absolute Gasteiger partial charge is 0.247 e. The Hall–Kier alpha value is -2.48. The third-order valence-electron chi connectivity index (χ3n) is 6.44. The molecule has 1 aromatic carbocycles. The Morgan fingerprint density at radius 2 is 1.93 bits per heavy atom. The van der Waals surface area contributed by atoms with Crippen LogP contribution >= 0.6 is 0 Å². The molecule has 3 heterocycles. The number of anilines is 1. The Labute approximate surface area is 172 Å². The van der Waals surface area contributed by atoms with Crippen molar-refractivity contribution < 1.29 is 4.79 Å². The van der Waals surface area contributed by atoms with Gasteiger partial charge in [-0.25, -0.2) is 4.68 Å². The molecule has 1 spiro atoms. The van der Waals surface area contributed by atoms with Gasteiger partial charge in [0.2, 0.25) is 5.91 Å². The van der Waals surface area contributed by atoms with Crippen LogP contribution in [0.1, 0.15) is 57.8 Å². The largest absolute Gasteiger partial charge is 0.339 e. The van der Waals surface area contributed by atoms with Crippen LogP contribution in [-0.4, -0.2) is 56.3 Å². The number of benzene rings is 1. The Bertz CT molecular complexity index is 813. The average Bonchev–Trinajstić information content (AvgIpc) is 3.34. The maximum atomic E-state index is 12.9. The molecule has 0 radical (unpaired) electrons. The Kier molecular flexibility index (Phi) is 5.80. The van der Waals surface area contributed by atoms with E-state index in [1.54, 1.807) is 0 Å². The zero-order valence-electron chi connectivity index (χ0n) is 17.4. The molecule has 156 valence electrons. The van der Waals surface area contributed by atoms with Gasteiger partial charge >= 0.3 is 0 Å². The zero-order valence-corrected chi connectivity index (χ0v) is 17.4. The first-order valence-electron chi connectivity index (χ1n) is 10.8. The van der Waals surface area contributed by atoms with Crippen molar-refractivity contribution in [3.63, 3.8) is 0 Å². The van der Waals surface area contributed by atoms with E-state index >= 15 is 0 Å². The van der Waals surface area contributed by atoms with Crippen molar-refractivity contribution in [3.05, 3.63) is 36.2 Å². The second kappa shape index (κ2) is 8.49. The SMILES string of the molecule is CCCCn1nnnc1C(CC)N1CCC2(CC1)C(=O)NCN2c1ccccc1. The topological polar surface area (TPSA) is 79.2 Å². The molecule has 1 amide bonds. The van der Waals surface area contributed by atoms with E-state index in [1.165, 1.54) is 0 Å². The summed E-state index contributed by atoms with van der Waals surface area (Å²) in [5, 5.41) is 15.6. The second-order valence-electron chi connectivity index (χ2n) is 8.03. The number of rotatable bonds is 7. The number of aryl methyl sites for hydroxylation is 1. The number of nitrogens with one attached hydrogen (secondary N) is 1. The highest BCUT2D eigenvalue weighted by molar-refractivity contribution is 5.93. The molecule has 2 saturated heterocycles. The van der Waals surface area contributed by atoms with Gasteiger partial charge in [-0.05, 0) is 48.2 Å². The first kappa shape index (κ1) is 19.8. The lowest BCUT2D eigenvalue weighted by molar-refractivity contribution is -0.125. The molecule has 8 heteroatoms. The number of hydrogen-bond donors (Lipinski definition) is 1. The van der Waals surface area contributed by atoms with E-state index in [0.29, 0.717) is 6.67 Å². The number of unbranched alkanes of at least 4 members (excludes halogenated alkanes) is 1. The van der Waals surface area contributed by atoms with Gasteiger partial charge in [0, 0.05) is 25.3 Å². The van der Waals surface area contributed by atoms with Crippen LogP contribution in [0.5, 0.6) is 0 Å². The van der Waals surface area contributed by atoms with Crippen LogP contribution in [0.4, 0.5) is 5.69 Å². The molecule has 0 bridgehead atoms. The summed E-state index contributed by atoms with van der Waals surface area (Å²) >= 11 is 0. The van der Waals surface area contributed by atoms with Crippen molar-refractivity contribution in [2.45, 2.75) is 64.1 Å². The molecule has 2 aliphatic rings. The number of likely N-dealkylation sites (tertiary alicyclic amines) is 1. The number of piperidine rings is 1. The predicted molar refractivity (Wildman–Crippen MR) is 111 cm³/mol. The minimum Gasteiger partial charge on any atom is -0.339 e. The fourth-order valence-corrected chi connectivity index (χ4v) is 4.76. The van der Waals surface area contributed by atoms with E-state index in [0.717, 1.165) is 63.3 Å². The van der Waals surface area contributed by atoms with Crippen LogP contribution in [0.2, 0.25) is 0 Å². The first-order chi connectivity index (χ1) is 14.2. The van der Waals surface area contributed by atoms with Crippen LogP contribution in [0.3, 0.4) is 0 Å². The van der Waals surface area contributed by atoms with Gasteiger partial charge in [-0.15, -0.1) is 5.10 Å². The highest BCUT2D eigenvalue weighted by Crippen LogP contribution is 2.38. The number of amides is 1. The average molecular weight is 398 g/mol. The number of nitrogens with zero attached hydrogens (tertiary/aromatic N) is 6. The standard InChI is InChI=1S/C21H31N7O/c1-3-5-13-28-19(23-24-25-28)18(4-2)26-14-11-21(12-15-26)20(29)22-16-27(21)17-9-7-6-8-10-17/h6-10,18H,3-5,11-16H2,1-2H3,(H,22,29). The molecular formula is C21H31N7O. The van der Waals surface area contributed by atoms with E-state index in [4.69, 9.17) is 0 Å². The molecular weight excluding hydrogens is 366 g/mol. The van der Waals surface area contributed by atoms with E-state index in [2.05, 4.69) is 56.6 Å². The molecule has 1 unspecified atom stereocenters. The second-order valence-corrected chi connectivity index (χ2v) is 8.03. The third kappa shape index (κ3) is 3.61. The van der Waals surface area contributed by atoms with Crippen molar-refractivity contribution in [2.24, 2.45) is 0 Å². The normalized spacial score (nSPS) is 20.2. The summed E-state index contributed by atoms with van der Waals surface area (Å²) in [4.78, 5) is 17.6. The monoisotopic (exact) mass is 397 g/mol. The zero-order chi connectivity index (χ0) is 20.3. The summed E-state index contributed by atoms with van der Waals surface area (Å²) in [7, 11) is 0. The molecule has 2 aliphatic heterocycles. The van der Waals surface area contributed by atoms with Crippen molar-refractivity contribution in [3.8, 4) is 0 Å². The molecule has 8 nitrogen and oxygen atoms in total. The highest BCUT2D eigenvalue weighted by Gasteiger charge is 2.51. The molecule has 0 saturated carbocycles. The molecule has 1 atom stereocenters. The van der Waals surface area contributed by atoms with Crippen molar-refractivity contribution in [2.75, 3.05) is 24.7 Å². The summed E-state index contributed by atoms with van der Waals surface area (Å²) in [6, 6.07) is 10.4. The summed E-state index contributed by atoms with van der Waals surface area (Å²) in [5.41, 5.74) is 0.652. The predicted octanol–water partition coefficient (Wildman–Crippen LogP) is 2.35. The van der Waals surface area contributed by atoms with Gasteiger partial charge < -0.3 is 10.2 Å². The van der Waals surface area contributed by atoms with E-state index in [-0.39, 0.29) is 11.9 Å². The number of aromatic nitrogens is 4. The molecule has 4 rings (SSSR count). The molecule has 29 heavy (non-hydrogen) atoms. The minimum atomic E-state index is -0.454. The van der Waals surface area contributed by atoms with Crippen molar-refractivity contribution in [1.29, 1.82) is 0 Å². The van der Waals surface area contributed by atoms with Crippen LogP contribution in [0.25, 0.3) is 0 Å². The van der Waals surface area contributed by atoms with E-state index in [1.807, 2.05) is 22.9 Å². The van der Waals surface area contributed by atoms with Crippen LogP contribution < -0.4 is 10.2 Å². The summed E-state index contributed by atoms with van der Waals surface area (Å²) in [6.45, 7) is 7.52. The van der Waals surface area contributed by atoms with E-state index < -0.39 is 5.54 Å². The van der Waals surface area contributed by atoms with E-state index in [9.17, 15) is 4.79 Å². The minimum absolute atomic E-state index is 0.154. The molecule has 1 N–H and O–H groups in total.